The van der Waals surface area contributed by atoms with Crippen molar-refractivity contribution in [3.8, 4) is 11.8 Å². The molecule has 0 aliphatic carbocycles. The van der Waals surface area contributed by atoms with Crippen molar-refractivity contribution in [1.82, 2.24) is 0 Å². The van der Waals surface area contributed by atoms with E-state index in [9.17, 15) is 5.11 Å². The van der Waals surface area contributed by atoms with E-state index in [0.29, 0.717) is 22.2 Å². The highest BCUT2D eigenvalue weighted by atomic mass is 16.4. The first kappa shape index (κ1) is 7.50. The number of nitrogens with two attached hydrogens (primary N) is 1. The minimum absolute atomic E-state index is 0.0199. The summed E-state index contributed by atoms with van der Waals surface area (Å²) in [5.41, 5.74) is 6.71. The largest absolute Gasteiger partial charge is 0.504 e. The molecule has 1 heterocycles. The van der Waals surface area contributed by atoms with E-state index in [0.717, 1.165) is 0 Å². The van der Waals surface area contributed by atoms with Gasteiger partial charge in [-0.05, 0) is 6.07 Å². The van der Waals surface area contributed by atoms with E-state index in [2.05, 4.69) is 0 Å². The highest BCUT2D eigenvalue weighted by Gasteiger charge is 2.07. The maximum absolute atomic E-state index is 9.28. The van der Waals surface area contributed by atoms with Gasteiger partial charge in [0.1, 0.15) is 17.9 Å². The lowest BCUT2D eigenvalue weighted by molar-refractivity contribution is 0.464. The molecule has 0 radical (unpaired) electrons. The van der Waals surface area contributed by atoms with E-state index in [4.69, 9.17) is 15.4 Å². The van der Waals surface area contributed by atoms with Gasteiger partial charge in [0.25, 0.3) is 0 Å². The van der Waals surface area contributed by atoms with E-state index < -0.39 is 0 Å². The van der Waals surface area contributed by atoms with Gasteiger partial charge in [-0.15, -0.1) is 0 Å². The summed E-state index contributed by atoms with van der Waals surface area (Å²) in [5.74, 6) is 0.0199. The van der Waals surface area contributed by atoms with Crippen LogP contribution in [0.15, 0.2) is 22.8 Å². The minimum Gasteiger partial charge on any atom is -0.504 e. The quantitative estimate of drug-likeness (QED) is 0.594. The predicted molar refractivity (Wildman–Crippen MR) is 47.0 cm³/mol. The fraction of sp³-hybridized carbons (Fsp3) is 0. The van der Waals surface area contributed by atoms with E-state index in [1.165, 1.54) is 18.4 Å². The van der Waals surface area contributed by atoms with Crippen LogP contribution in [0.5, 0.6) is 5.75 Å². The Labute approximate surface area is 73.8 Å². The molecule has 2 rings (SSSR count). The zero-order chi connectivity index (χ0) is 9.42. The van der Waals surface area contributed by atoms with Crippen LogP contribution in [0.2, 0.25) is 0 Å². The number of benzene rings is 1. The Hall–Kier alpha value is -2.15. The van der Waals surface area contributed by atoms with Crippen molar-refractivity contribution in [2.75, 3.05) is 5.73 Å². The van der Waals surface area contributed by atoms with Crippen molar-refractivity contribution in [3.05, 3.63) is 24.0 Å². The van der Waals surface area contributed by atoms with Crippen LogP contribution >= 0.6 is 0 Å². The van der Waals surface area contributed by atoms with Crippen molar-refractivity contribution in [2.45, 2.75) is 0 Å². The summed E-state index contributed by atoms with van der Waals surface area (Å²) in [6, 6.07) is 4.95. The number of hydrogen-bond donors (Lipinski definition) is 2. The van der Waals surface area contributed by atoms with Crippen LogP contribution in [-0.4, -0.2) is 5.11 Å². The number of aromatic hydroxyl groups is 1. The van der Waals surface area contributed by atoms with E-state index in [1.807, 2.05) is 6.07 Å². The summed E-state index contributed by atoms with van der Waals surface area (Å²) in [6.45, 7) is 0. The standard InChI is InChI=1S/C9H6N2O2/c10-3-5-1-6-8(12)4-13-9(6)2-7(5)11/h1-2,4,12H,11H2. The van der Waals surface area contributed by atoms with Crippen LogP contribution in [0, 0.1) is 11.3 Å². The van der Waals surface area contributed by atoms with Gasteiger partial charge >= 0.3 is 0 Å². The molecule has 0 saturated heterocycles. The van der Waals surface area contributed by atoms with Crippen LogP contribution < -0.4 is 5.73 Å². The van der Waals surface area contributed by atoms with E-state index >= 15 is 0 Å². The number of fused-ring (bicyclic) bond motifs is 1. The van der Waals surface area contributed by atoms with Gasteiger partial charge in [0.05, 0.1) is 16.6 Å². The van der Waals surface area contributed by atoms with Crippen LogP contribution in [0.4, 0.5) is 5.69 Å². The Morgan fingerprint density at radius 3 is 2.92 bits per heavy atom. The number of furan rings is 1. The Bertz CT molecular complexity index is 508. The van der Waals surface area contributed by atoms with Gasteiger partial charge in [-0.3, -0.25) is 0 Å². The average molecular weight is 174 g/mol. The third kappa shape index (κ3) is 0.983. The fourth-order valence-electron chi connectivity index (χ4n) is 1.17. The first-order chi connectivity index (χ1) is 6.22. The summed E-state index contributed by atoms with van der Waals surface area (Å²) in [7, 11) is 0. The van der Waals surface area contributed by atoms with Gasteiger partial charge in [-0.1, -0.05) is 0 Å². The third-order valence-corrected chi connectivity index (χ3v) is 1.85. The molecule has 4 nitrogen and oxygen atoms in total. The normalized spacial score (nSPS) is 10.1. The van der Waals surface area contributed by atoms with Crippen LogP contribution in [-0.2, 0) is 0 Å². The molecule has 0 saturated carbocycles. The fourth-order valence-corrected chi connectivity index (χ4v) is 1.17. The maximum atomic E-state index is 9.28. The summed E-state index contributed by atoms with van der Waals surface area (Å²) in [5, 5.41) is 18.4. The Morgan fingerprint density at radius 2 is 2.23 bits per heavy atom. The zero-order valence-corrected chi connectivity index (χ0v) is 6.61. The molecule has 13 heavy (non-hydrogen) atoms. The van der Waals surface area contributed by atoms with Gasteiger partial charge in [-0.25, -0.2) is 0 Å². The smallest absolute Gasteiger partial charge is 0.161 e. The molecule has 0 aliphatic heterocycles. The van der Waals surface area contributed by atoms with Crippen molar-refractivity contribution in [2.24, 2.45) is 0 Å². The first-order valence-electron chi connectivity index (χ1n) is 3.62. The van der Waals surface area contributed by atoms with Crippen LogP contribution in [0.25, 0.3) is 11.0 Å². The van der Waals surface area contributed by atoms with Gasteiger partial charge in [0, 0.05) is 6.07 Å². The second-order valence-corrected chi connectivity index (χ2v) is 2.67. The molecule has 0 unspecified atom stereocenters. The van der Waals surface area contributed by atoms with Crippen molar-refractivity contribution < 1.29 is 9.52 Å². The lowest BCUT2D eigenvalue weighted by atomic mass is 10.1. The second kappa shape index (κ2) is 2.42. The third-order valence-electron chi connectivity index (χ3n) is 1.85. The average Bonchev–Trinajstić information content (AvgIpc) is 2.46. The molecule has 0 aliphatic rings. The monoisotopic (exact) mass is 174 g/mol. The molecule has 0 spiro atoms. The molecule has 0 fully saturated rings. The highest BCUT2D eigenvalue weighted by molar-refractivity contribution is 5.88. The predicted octanol–water partition coefficient (Wildman–Crippen LogP) is 1.59. The molecule has 0 bridgehead atoms. The number of nitriles is 1. The summed E-state index contributed by atoms with van der Waals surface area (Å²) >= 11 is 0. The number of rotatable bonds is 0. The van der Waals surface area contributed by atoms with E-state index in [1.54, 1.807) is 0 Å². The van der Waals surface area contributed by atoms with Gasteiger partial charge in [0.2, 0.25) is 0 Å². The molecule has 1 aromatic heterocycles. The molecular weight excluding hydrogens is 168 g/mol. The van der Waals surface area contributed by atoms with Gasteiger partial charge < -0.3 is 15.3 Å². The van der Waals surface area contributed by atoms with Gasteiger partial charge in [-0.2, -0.15) is 5.26 Å². The molecule has 0 amide bonds. The Morgan fingerprint density at radius 1 is 1.46 bits per heavy atom. The molecule has 3 N–H and O–H groups in total. The summed E-state index contributed by atoms with van der Waals surface area (Å²) in [6.07, 6.45) is 1.21. The zero-order valence-electron chi connectivity index (χ0n) is 6.61. The molecule has 2 aromatic rings. The Balaban J connectivity index is 2.86. The second-order valence-electron chi connectivity index (χ2n) is 2.67. The van der Waals surface area contributed by atoms with E-state index in [-0.39, 0.29) is 5.75 Å². The topological polar surface area (TPSA) is 83.2 Å². The molecule has 0 atom stereocenters. The number of nitrogens with zero attached hydrogens (tertiary/aromatic N) is 1. The SMILES string of the molecule is N#Cc1cc2c(O)coc2cc1N. The van der Waals surface area contributed by atoms with Crippen molar-refractivity contribution in [3.63, 3.8) is 0 Å². The summed E-state index contributed by atoms with van der Waals surface area (Å²) < 4.78 is 4.99. The number of nitrogen functional groups attached to an aromatic ring is 1. The van der Waals surface area contributed by atoms with Gasteiger partial charge in [0.15, 0.2) is 5.75 Å². The lowest BCUT2D eigenvalue weighted by Crippen LogP contribution is -1.88. The van der Waals surface area contributed by atoms with Crippen LogP contribution in [0.1, 0.15) is 5.56 Å². The Kier molecular flexibility index (Phi) is 1.40. The maximum Gasteiger partial charge on any atom is 0.161 e. The first-order valence-corrected chi connectivity index (χ1v) is 3.62. The molecular formula is C9H6N2O2. The van der Waals surface area contributed by atoms with Crippen molar-refractivity contribution in [1.29, 1.82) is 5.26 Å². The molecule has 1 aromatic carbocycles. The number of anilines is 1. The highest BCUT2D eigenvalue weighted by Crippen LogP contribution is 2.30. The number of hydrogen-bond acceptors (Lipinski definition) is 4. The molecule has 64 valence electrons. The molecule has 4 heteroatoms. The summed E-state index contributed by atoms with van der Waals surface area (Å²) in [4.78, 5) is 0. The van der Waals surface area contributed by atoms with Crippen LogP contribution in [0.3, 0.4) is 0 Å². The minimum atomic E-state index is 0.0199. The van der Waals surface area contributed by atoms with Crippen molar-refractivity contribution >= 4 is 16.7 Å². The lowest BCUT2D eigenvalue weighted by Gasteiger charge is -1.95.